The summed E-state index contributed by atoms with van der Waals surface area (Å²) in [7, 11) is 3.83. The van der Waals surface area contributed by atoms with Crippen LogP contribution in [0.3, 0.4) is 0 Å². The highest BCUT2D eigenvalue weighted by atomic mass is 32.2. The van der Waals surface area contributed by atoms with Gasteiger partial charge in [-0.2, -0.15) is 0 Å². The van der Waals surface area contributed by atoms with Crippen molar-refractivity contribution in [3.63, 3.8) is 0 Å². The van der Waals surface area contributed by atoms with Gasteiger partial charge in [0, 0.05) is 48.6 Å². The first-order valence-electron chi connectivity index (χ1n) is 13.5. The Morgan fingerprint density at radius 2 is 1.91 bits per heavy atom. The minimum atomic E-state index is -0.802. The number of hydrogen-bond acceptors (Lipinski definition) is 11. The number of nitro benzene ring substituents is 1. The number of nitrogens with one attached hydrogen (secondary N) is 1. The summed E-state index contributed by atoms with van der Waals surface area (Å²) in [6, 6.07) is 12.3. The summed E-state index contributed by atoms with van der Waals surface area (Å²) in [6.07, 6.45) is 1.56. The second-order valence-corrected chi connectivity index (χ2v) is 12.1. The van der Waals surface area contributed by atoms with E-state index in [1.165, 1.54) is 22.8 Å². The molecule has 1 aliphatic rings. The van der Waals surface area contributed by atoms with Crippen LogP contribution in [0.1, 0.15) is 36.7 Å². The van der Waals surface area contributed by atoms with E-state index < -0.39 is 22.5 Å². The molecule has 1 aliphatic heterocycles. The van der Waals surface area contributed by atoms with E-state index in [1.807, 2.05) is 43.3 Å². The molecule has 226 valence electrons. The number of hydrogen-bond donors (Lipinski definition) is 1. The average Bonchev–Trinajstić information content (AvgIpc) is 3.26. The van der Waals surface area contributed by atoms with Crippen LogP contribution in [0, 0.1) is 17.0 Å². The van der Waals surface area contributed by atoms with Gasteiger partial charge in [-0.05, 0) is 56.2 Å². The number of thiazole rings is 1. The molecule has 2 aromatic carbocycles. The van der Waals surface area contributed by atoms with Gasteiger partial charge in [0.25, 0.3) is 16.8 Å². The first-order chi connectivity index (χ1) is 21.0. The number of benzene rings is 2. The van der Waals surface area contributed by atoms with Crippen LogP contribution in [0.25, 0.3) is 6.08 Å². The number of non-ortho nitro benzene ring substituents is 1. The van der Waals surface area contributed by atoms with E-state index in [2.05, 4.69) is 15.0 Å². The number of aromatic nitrogens is 3. The number of aryl methyl sites for hydroxylation is 1. The Morgan fingerprint density at radius 3 is 2.55 bits per heavy atom. The number of esters is 1. The topological polar surface area (TPSA) is 153 Å². The number of nitro groups is 1. The predicted molar refractivity (Wildman–Crippen MR) is 168 cm³/mol. The average molecular weight is 633 g/mol. The zero-order valence-corrected chi connectivity index (χ0v) is 26.1. The third-order valence-electron chi connectivity index (χ3n) is 6.79. The number of ether oxygens (including phenoxy) is 1. The summed E-state index contributed by atoms with van der Waals surface area (Å²) in [4.78, 5) is 64.9. The lowest BCUT2D eigenvalue weighted by Gasteiger charge is -2.25. The van der Waals surface area contributed by atoms with Crippen molar-refractivity contribution in [3.8, 4) is 0 Å². The number of carbonyl (C=O) groups excluding carboxylic acids is 1. The van der Waals surface area contributed by atoms with Crippen molar-refractivity contribution >= 4 is 46.5 Å². The van der Waals surface area contributed by atoms with Gasteiger partial charge >= 0.3 is 5.97 Å². The van der Waals surface area contributed by atoms with Gasteiger partial charge < -0.3 is 14.6 Å². The van der Waals surface area contributed by atoms with Crippen molar-refractivity contribution in [2.24, 2.45) is 4.99 Å². The fourth-order valence-corrected chi connectivity index (χ4v) is 6.72. The van der Waals surface area contributed by atoms with Crippen LogP contribution < -0.4 is 25.4 Å². The van der Waals surface area contributed by atoms with Crippen molar-refractivity contribution in [3.05, 3.63) is 117 Å². The van der Waals surface area contributed by atoms with Gasteiger partial charge in [-0.1, -0.05) is 35.2 Å². The maximum atomic E-state index is 14.1. The van der Waals surface area contributed by atoms with Crippen molar-refractivity contribution < 1.29 is 14.5 Å². The molecule has 0 bridgehead atoms. The van der Waals surface area contributed by atoms with Crippen LogP contribution in [0.5, 0.6) is 0 Å². The van der Waals surface area contributed by atoms with Crippen LogP contribution in [0.15, 0.2) is 84.4 Å². The monoisotopic (exact) mass is 632 g/mol. The fraction of sp³-hybridized carbons (Fsp3) is 0.233. The summed E-state index contributed by atoms with van der Waals surface area (Å²) in [5.41, 5.74) is 2.30. The second kappa shape index (κ2) is 12.4. The summed E-state index contributed by atoms with van der Waals surface area (Å²) >= 11 is 2.22. The molecule has 14 heteroatoms. The van der Waals surface area contributed by atoms with Crippen LogP contribution in [0.2, 0.25) is 0 Å². The first-order valence-corrected chi connectivity index (χ1v) is 15.1. The SMILES string of the molecule is CCOC(=O)C1=C(C)N=c2s/c(=C/c3cc([N+](=O)[O-])ccc3Sc3nc(C)cc(=O)[nH]3)c(=O)n2[C@@H]1c1ccc(N(C)C)cc1. The molecule has 0 fully saturated rings. The van der Waals surface area contributed by atoms with Crippen LogP contribution in [-0.2, 0) is 9.53 Å². The number of aromatic amines is 1. The van der Waals surface area contributed by atoms with Gasteiger partial charge in [0.1, 0.15) is 0 Å². The van der Waals surface area contributed by atoms with E-state index >= 15 is 0 Å². The third kappa shape index (κ3) is 6.12. The highest BCUT2D eigenvalue weighted by Crippen LogP contribution is 2.33. The van der Waals surface area contributed by atoms with Crippen molar-refractivity contribution in [1.29, 1.82) is 0 Å². The number of H-pyrrole nitrogens is 1. The first kappa shape index (κ1) is 30.6. The Kier molecular flexibility index (Phi) is 8.65. The minimum Gasteiger partial charge on any atom is -0.463 e. The van der Waals surface area contributed by atoms with Crippen LogP contribution in [0.4, 0.5) is 11.4 Å². The van der Waals surface area contributed by atoms with Crippen molar-refractivity contribution in [2.75, 3.05) is 25.6 Å². The molecule has 5 rings (SSSR count). The lowest BCUT2D eigenvalue weighted by Crippen LogP contribution is -2.40. The summed E-state index contributed by atoms with van der Waals surface area (Å²) in [5, 5.41) is 11.9. The van der Waals surface area contributed by atoms with Gasteiger partial charge in [0.05, 0.1) is 33.4 Å². The standard InChI is InChI=1S/C30H28N6O6S2/c1-6-42-28(39)25-17(3)32-30-35(26(25)18-7-9-20(10-8-18)34(4)5)27(38)23(44-30)15-19-14-21(36(40)41)11-12-22(19)43-29-31-16(2)13-24(37)33-29/h7-15,26H,6H2,1-5H3,(H,31,33,37)/b23-15+/t26-/m1/s1. The van der Waals surface area contributed by atoms with Gasteiger partial charge in [0.2, 0.25) is 0 Å². The van der Waals surface area contributed by atoms with E-state index in [1.54, 1.807) is 32.9 Å². The number of rotatable bonds is 8. The third-order valence-corrected chi connectivity index (χ3v) is 8.75. The Morgan fingerprint density at radius 1 is 1.18 bits per heavy atom. The number of carbonyl (C=O) groups is 1. The Bertz CT molecular complexity index is 2060. The normalized spacial score (nSPS) is 14.7. The lowest BCUT2D eigenvalue weighted by molar-refractivity contribution is -0.384. The molecule has 1 atom stereocenters. The molecule has 0 aliphatic carbocycles. The van der Waals surface area contributed by atoms with Crippen LogP contribution >= 0.6 is 23.1 Å². The second-order valence-electron chi connectivity index (χ2n) is 10.1. The molecule has 12 nitrogen and oxygen atoms in total. The fourth-order valence-electron chi connectivity index (χ4n) is 4.76. The molecule has 0 radical (unpaired) electrons. The Labute approximate surface area is 259 Å². The maximum absolute atomic E-state index is 14.1. The molecular weight excluding hydrogens is 605 g/mol. The summed E-state index contributed by atoms with van der Waals surface area (Å²) in [5.74, 6) is -0.568. The molecule has 0 amide bonds. The van der Waals surface area contributed by atoms with Gasteiger partial charge in [0.15, 0.2) is 9.96 Å². The Hall–Kier alpha value is -4.82. The van der Waals surface area contributed by atoms with E-state index in [-0.39, 0.29) is 28.0 Å². The molecule has 2 aromatic heterocycles. The lowest BCUT2D eigenvalue weighted by atomic mass is 9.95. The summed E-state index contributed by atoms with van der Waals surface area (Å²) in [6.45, 7) is 5.25. The van der Waals surface area contributed by atoms with Crippen molar-refractivity contribution in [1.82, 2.24) is 14.5 Å². The van der Waals surface area contributed by atoms with Gasteiger partial charge in [-0.3, -0.25) is 24.3 Å². The quantitative estimate of drug-likeness (QED) is 0.133. The van der Waals surface area contributed by atoms with E-state index in [9.17, 15) is 24.5 Å². The van der Waals surface area contributed by atoms with Gasteiger partial charge in [-0.25, -0.2) is 14.8 Å². The number of nitrogens with zero attached hydrogens (tertiary/aromatic N) is 5. The number of anilines is 1. The molecule has 3 heterocycles. The Balaban J connectivity index is 1.70. The molecule has 0 saturated heterocycles. The molecule has 1 N–H and O–H groups in total. The number of fused-ring (bicyclic) bond motifs is 1. The van der Waals surface area contributed by atoms with E-state index in [0.717, 1.165) is 28.8 Å². The van der Waals surface area contributed by atoms with E-state index in [4.69, 9.17) is 4.74 Å². The molecule has 44 heavy (non-hydrogen) atoms. The molecule has 0 unspecified atom stereocenters. The molecule has 4 aromatic rings. The maximum Gasteiger partial charge on any atom is 0.338 e. The zero-order valence-electron chi connectivity index (χ0n) is 24.5. The van der Waals surface area contributed by atoms with Crippen LogP contribution in [-0.4, -0.2) is 46.1 Å². The summed E-state index contributed by atoms with van der Waals surface area (Å²) < 4.78 is 7.08. The molecular formula is C30H28N6O6S2. The van der Waals surface area contributed by atoms with Crippen molar-refractivity contribution in [2.45, 2.75) is 36.9 Å². The number of allylic oxidation sites excluding steroid dienone is 1. The van der Waals surface area contributed by atoms with Gasteiger partial charge in [-0.15, -0.1) is 0 Å². The minimum absolute atomic E-state index is 0.153. The molecule has 0 saturated carbocycles. The smallest absolute Gasteiger partial charge is 0.338 e. The molecule has 0 spiro atoms. The highest BCUT2D eigenvalue weighted by molar-refractivity contribution is 7.99. The van der Waals surface area contributed by atoms with E-state index in [0.29, 0.717) is 37.4 Å². The predicted octanol–water partition coefficient (Wildman–Crippen LogP) is 3.32. The highest BCUT2D eigenvalue weighted by Gasteiger charge is 2.33. The largest absolute Gasteiger partial charge is 0.463 e. The zero-order chi connectivity index (χ0) is 31.7.